The zero-order chi connectivity index (χ0) is 23.0. The molecule has 1 N–H and O–H groups in total. The third-order valence-electron chi connectivity index (χ3n) is 6.10. The number of hydrogen-bond donors (Lipinski definition) is 1. The van der Waals surface area contributed by atoms with Crippen molar-refractivity contribution in [3.63, 3.8) is 0 Å². The molecule has 4 rings (SSSR count). The van der Waals surface area contributed by atoms with Crippen LogP contribution in [0.15, 0.2) is 41.8 Å². The fourth-order valence-corrected chi connectivity index (χ4v) is 5.25. The van der Waals surface area contributed by atoms with Gasteiger partial charge in [0, 0.05) is 24.5 Å². The van der Waals surface area contributed by atoms with Gasteiger partial charge in [-0.3, -0.25) is 9.69 Å². The van der Waals surface area contributed by atoms with Gasteiger partial charge >= 0.3 is 0 Å². The fraction of sp³-hybridized carbons (Fsp3) is 0.500. The lowest BCUT2D eigenvalue weighted by molar-refractivity contribution is -0.136. The van der Waals surface area contributed by atoms with Crippen molar-refractivity contribution in [2.45, 2.75) is 31.4 Å². The Bertz CT molecular complexity index is 937. The van der Waals surface area contributed by atoms with Crippen LogP contribution >= 0.6 is 11.3 Å². The molecule has 1 aliphatic heterocycles. The summed E-state index contributed by atoms with van der Waals surface area (Å²) >= 11 is 1.75. The highest BCUT2D eigenvalue weighted by Crippen LogP contribution is 2.34. The predicted molar refractivity (Wildman–Crippen MR) is 129 cm³/mol. The van der Waals surface area contributed by atoms with Gasteiger partial charge in [-0.05, 0) is 54.3 Å². The van der Waals surface area contributed by atoms with Crippen molar-refractivity contribution in [2.24, 2.45) is 5.92 Å². The molecule has 0 saturated heterocycles. The summed E-state index contributed by atoms with van der Waals surface area (Å²) in [7, 11) is 0. The number of para-hydroxylation sites is 1. The molecular weight excluding hydrogens is 436 g/mol. The van der Waals surface area contributed by atoms with Crippen LogP contribution in [0, 0.1) is 18.3 Å². The monoisotopic (exact) mass is 468 g/mol. The molecule has 2 unspecified atom stereocenters. The average molecular weight is 469 g/mol. The van der Waals surface area contributed by atoms with E-state index in [2.05, 4.69) is 22.3 Å². The molecule has 33 heavy (non-hydrogen) atoms. The minimum Gasteiger partial charge on any atom is -0.491 e. The van der Waals surface area contributed by atoms with Crippen molar-refractivity contribution in [3.05, 3.63) is 52.2 Å². The number of terminal acetylenes is 1. The number of rotatable bonds is 12. The largest absolute Gasteiger partial charge is 0.491 e. The number of amides is 1. The van der Waals surface area contributed by atoms with Crippen molar-refractivity contribution in [1.82, 2.24) is 9.80 Å². The van der Waals surface area contributed by atoms with Gasteiger partial charge in [-0.1, -0.05) is 24.1 Å². The Labute approximate surface area is 200 Å². The molecule has 1 fully saturated rings. The summed E-state index contributed by atoms with van der Waals surface area (Å²) in [5.41, 5.74) is 1.19. The Morgan fingerprint density at radius 1 is 1.30 bits per heavy atom. The van der Waals surface area contributed by atoms with Gasteiger partial charge in [0.25, 0.3) is 0 Å². The van der Waals surface area contributed by atoms with Crippen LogP contribution in [0.25, 0.3) is 0 Å². The summed E-state index contributed by atoms with van der Waals surface area (Å²) in [6.45, 7) is 2.96. The summed E-state index contributed by atoms with van der Waals surface area (Å²) in [5, 5.41) is 12.5. The van der Waals surface area contributed by atoms with Crippen molar-refractivity contribution in [1.29, 1.82) is 0 Å². The van der Waals surface area contributed by atoms with Crippen LogP contribution in [0.2, 0.25) is 0 Å². The topological polar surface area (TPSA) is 62.2 Å². The molecule has 1 aromatic heterocycles. The second kappa shape index (κ2) is 11.7. The van der Waals surface area contributed by atoms with Crippen LogP contribution in [0.4, 0.5) is 0 Å². The maximum absolute atomic E-state index is 13.5. The third kappa shape index (κ3) is 6.81. The lowest BCUT2D eigenvalue weighted by Gasteiger charge is -2.37. The predicted octanol–water partition coefficient (Wildman–Crippen LogP) is 2.98. The number of benzene rings is 1. The molecule has 176 valence electrons. The van der Waals surface area contributed by atoms with Crippen LogP contribution in [-0.2, 0) is 16.0 Å². The van der Waals surface area contributed by atoms with Crippen LogP contribution in [0.1, 0.15) is 29.3 Å². The summed E-state index contributed by atoms with van der Waals surface area (Å²) in [6, 6.07) is 11.7. The van der Waals surface area contributed by atoms with Crippen molar-refractivity contribution in [3.8, 4) is 18.1 Å². The Hall–Kier alpha value is -2.37. The number of carbonyl (C=O) groups is 1. The van der Waals surface area contributed by atoms with Gasteiger partial charge in [-0.15, -0.1) is 17.8 Å². The Balaban J connectivity index is 1.41. The second-order valence-electron chi connectivity index (χ2n) is 8.79. The first-order valence-electron chi connectivity index (χ1n) is 11.6. The first-order chi connectivity index (χ1) is 16.1. The average Bonchev–Trinajstić information content (AvgIpc) is 3.50. The standard InChI is InChI=1S/C26H32N2O4S/c1-2-13-31-18-21(29)16-27(15-20-8-9-20)17-26(30)28-12-10-25-23(11-14-33-25)24(28)19-32-22-6-4-3-5-7-22/h1,3-7,11,14,20-21,24,29H,8-10,12-13,15-19H2. The number of fused-ring (bicyclic) bond motifs is 1. The maximum atomic E-state index is 13.5. The molecule has 2 heterocycles. The van der Waals surface area contributed by atoms with Gasteiger partial charge in [-0.2, -0.15) is 0 Å². The van der Waals surface area contributed by atoms with Gasteiger partial charge in [0.05, 0.1) is 25.3 Å². The number of carbonyl (C=O) groups excluding carboxylic acids is 1. The van der Waals surface area contributed by atoms with Gasteiger partial charge in [0.15, 0.2) is 0 Å². The molecule has 2 atom stereocenters. The molecule has 1 amide bonds. The van der Waals surface area contributed by atoms with Gasteiger partial charge in [0.2, 0.25) is 5.91 Å². The van der Waals surface area contributed by atoms with E-state index in [1.54, 1.807) is 11.3 Å². The van der Waals surface area contributed by atoms with E-state index in [1.807, 2.05) is 35.2 Å². The molecule has 1 aliphatic carbocycles. The SMILES string of the molecule is C#CCOCC(O)CN(CC(=O)N1CCc2sccc2C1COc1ccccc1)CC1CC1. The highest BCUT2D eigenvalue weighted by molar-refractivity contribution is 7.10. The van der Waals surface area contributed by atoms with E-state index in [-0.39, 0.29) is 31.7 Å². The summed E-state index contributed by atoms with van der Waals surface area (Å²) in [6.07, 6.45) is 7.77. The van der Waals surface area contributed by atoms with E-state index in [0.29, 0.717) is 25.6 Å². The molecule has 2 aliphatic rings. The summed E-state index contributed by atoms with van der Waals surface area (Å²) in [5.74, 6) is 3.90. The quantitative estimate of drug-likeness (QED) is 0.383. The van der Waals surface area contributed by atoms with E-state index in [1.165, 1.54) is 23.3 Å². The first kappa shape index (κ1) is 23.8. The molecule has 0 bridgehead atoms. The van der Waals surface area contributed by atoms with E-state index in [9.17, 15) is 9.90 Å². The first-order valence-corrected chi connectivity index (χ1v) is 12.5. The molecule has 1 aromatic carbocycles. The van der Waals surface area contributed by atoms with E-state index >= 15 is 0 Å². The van der Waals surface area contributed by atoms with Gasteiger partial charge in [-0.25, -0.2) is 0 Å². The number of thiophene rings is 1. The highest BCUT2D eigenvalue weighted by atomic mass is 32.1. The molecule has 2 aromatic rings. The minimum absolute atomic E-state index is 0.0749. The molecule has 1 saturated carbocycles. The molecule has 6 nitrogen and oxygen atoms in total. The van der Waals surface area contributed by atoms with Crippen LogP contribution in [-0.4, -0.2) is 72.9 Å². The number of aliphatic hydroxyl groups excluding tert-OH is 1. The summed E-state index contributed by atoms with van der Waals surface area (Å²) in [4.78, 5) is 18.9. The molecule has 0 spiro atoms. The minimum atomic E-state index is -0.674. The second-order valence-corrected chi connectivity index (χ2v) is 9.79. The number of ether oxygens (including phenoxy) is 2. The van der Waals surface area contributed by atoms with Crippen molar-refractivity contribution < 1.29 is 19.4 Å². The van der Waals surface area contributed by atoms with Crippen LogP contribution in [0.3, 0.4) is 0 Å². The Kier molecular flexibility index (Phi) is 8.40. The lowest BCUT2D eigenvalue weighted by Crippen LogP contribution is -2.48. The van der Waals surface area contributed by atoms with Crippen molar-refractivity contribution in [2.75, 3.05) is 46.0 Å². The zero-order valence-corrected chi connectivity index (χ0v) is 19.7. The van der Waals surface area contributed by atoms with Gasteiger partial charge in [0.1, 0.15) is 19.0 Å². The normalized spacial score (nSPS) is 18.6. The lowest BCUT2D eigenvalue weighted by atomic mass is 10.0. The fourth-order valence-electron chi connectivity index (χ4n) is 4.32. The van der Waals surface area contributed by atoms with Crippen molar-refractivity contribution >= 4 is 17.2 Å². The molecule has 0 radical (unpaired) electrons. The van der Waals surface area contributed by atoms with E-state index < -0.39 is 6.10 Å². The van der Waals surface area contributed by atoms with Gasteiger partial charge < -0.3 is 19.5 Å². The Morgan fingerprint density at radius 3 is 2.88 bits per heavy atom. The number of hydrogen-bond acceptors (Lipinski definition) is 6. The maximum Gasteiger partial charge on any atom is 0.237 e. The third-order valence-corrected chi connectivity index (χ3v) is 7.10. The van der Waals surface area contributed by atoms with E-state index in [0.717, 1.165) is 18.7 Å². The summed E-state index contributed by atoms with van der Waals surface area (Å²) < 4.78 is 11.4. The number of nitrogens with zero attached hydrogens (tertiary/aromatic N) is 2. The van der Waals surface area contributed by atoms with Crippen LogP contribution < -0.4 is 4.74 Å². The van der Waals surface area contributed by atoms with E-state index in [4.69, 9.17) is 15.9 Å². The molecular formula is C26H32N2O4S. The Morgan fingerprint density at radius 2 is 2.12 bits per heavy atom. The highest BCUT2D eigenvalue weighted by Gasteiger charge is 2.34. The zero-order valence-electron chi connectivity index (χ0n) is 18.9. The molecule has 7 heteroatoms. The smallest absolute Gasteiger partial charge is 0.237 e. The number of aliphatic hydroxyl groups is 1. The van der Waals surface area contributed by atoms with Crippen LogP contribution in [0.5, 0.6) is 5.75 Å².